The Morgan fingerprint density at radius 3 is 2.57 bits per heavy atom. The maximum atomic E-state index is 11.9. The van der Waals surface area contributed by atoms with Crippen molar-refractivity contribution < 1.29 is 9.59 Å². The average Bonchev–Trinajstić information content (AvgIpc) is 2.38. The van der Waals surface area contributed by atoms with Crippen LogP contribution in [0.2, 0.25) is 5.02 Å². The normalized spacial score (nSPS) is 10.1. The summed E-state index contributed by atoms with van der Waals surface area (Å²) in [5.74, 6) is -0.262. The smallest absolute Gasteiger partial charge is 0.223 e. The number of hydrogen-bond acceptors (Lipinski definition) is 2. The summed E-state index contributed by atoms with van der Waals surface area (Å²) >= 11 is 6.26. The van der Waals surface area contributed by atoms with Crippen LogP contribution >= 0.6 is 11.6 Å². The van der Waals surface area contributed by atoms with Crippen molar-refractivity contribution >= 4 is 29.1 Å². The third-order valence-corrected chi connectivity index (χ3v) is 3.34. The highest BCUT2D eigenvalue weighted by Crippen LogP contribution is 2.31. The van der Waals surface area contributed by atoms with Crippen molar-refractivity contribution in [2.75, 3.05) is 18.0 Å². The Morgan fingerprint density at radius 1 is 1.38 bits per heavy atom. The third kappa shape index (κ3) is 4.90. The fraction of sp³-hybridized carbons (Fsp3) is 0.375. The second kappa shape index (κ2) is 7.84. The zero-order valence-electron chi connectivity index (χ0n) is 12.7. The van der Waals surface area contributed by atoms with E-state index in [1.807, 2.05) is 26.0 Å². The largest absolute Gasteiger partial charge is 0.353 e. The lowest BCUT2D eigenvalue weighted by molar-refractivity contribution is -0.120. The molecule has 0 unspecified atom stereocenters. The number of hydrogen-bond donors (Lipinski definition) is 1. The zero-order valence-corrected chi connectivity index (χ0v) is 13.5. The van der Waals surface area contributed by atoms with Gasteiger partial charge in [-0.1, -0.05) is 23.7 Å². The topological polar surface area (TPSA) is 49.4 Å². The number of amides is 2. The van der Waals surface area contributed by atoms with E-state index in [1.54, 1.807) is 11.0 Å². The molecule has 0 bridgehead atoms. The molecule has 0 aliphatic rings. The molecule has 0 fully saturated rings. The van der Waals surface area contributed by atoms with E-state index >= 15 is 0 Å². The van der Waals surface area contributed by atoms with Crippen molar-refractivity contribution in [1.29, 1.82) is 0 Å². The van der Waals surface area contributed by atoms with Crippen LogP contribution in [-0.2, 0) is 9.59 Å². The molecule has 0 saturated heterocycles. The lowest BCUT2D eigenvalue weighted by Crippen LogP contribution is -2.34. The Hall–Kier alpha value is -1.81. The summed E-state index contributed by atoms with van der Waals surface area (Å²) in [6.07, 6.45) is 1.83. The zero-order chi connectivity index (χ0) is 16.0. The first kappa shape index (κ1) is 17.2. The number of carbonyl (C=O) groups excluding carboxylic acids is 2. The summed E-state index contributed by atoms with van der Waals surface area (Å²) in [5.41, 5.74) is 2.63. The molecule has 0 aliphatic heterocycles. The molecule has 0 spiro atoms. The van der Waals surface area contributed by atoms with Gasteiger partial charge in [0.2, 0.25) is 11.8 Å². The lowest BCUT2D eigenvalue weighted by Gasteiger charge is -2.24. The fourth-order valence-electron chi connectivity index (χ4n) is 2.16. The lowest BCUT2D eigenvalue weighted by atomic mass is 10.1. The summed E-state index contributed by atoms with van der Waals surface area (Å²) in [6, 6.07) is 3.78. The number of carbonyl (C=O) groups is 2. The third-order valence-electron chi connectivity index (χ3n) is 3.05. The van der Waals surface area contributed by atoms with Gasteiger partial charge in [0.25, 0.3) is 0 Å². The molecule has 1 N–H and O–H groups in total. The van der Waals surface area contributed by atoms with Crippen LogP contribution in [0, 0.1) is 13.8 Å². The molecule has 0 saturated carbocycles. The van der Waals surface area contributed by atoms with Crippen molar-refractivity contribution in [3.05, 3.63) is 40.9 Å². The Balaban J connectivity index is 2.91. The van der Waals surface area contributed by atoms with Crippen LogP contribution in [0.4, 0.5) is 5.69 Å². The van der Waals surface area contributed by atoms with Gasteiger partial charge in [-0.05, 0) is 31.0 Å². The van der Waals surface area contributed by atoms with E-state index < -0.39 is 0 Å². The first-order valence-corrected chi connectivity index (χ1v) is 7.17. The van der Waals surface area contributed by atoms with E-state index in [0.717, 1.165) is 11.1 Å². The molecule has 0 aromatic heterocycles. The first-order chi connectivity index (χ1) is 9.86. The number of nitrogens with one attached hydrogen (secondary N) is 1. The van der Waals surface area contributed by atoms with Crippen LogP contribution < -0.4 is 10.2 Å². The van der Waals surface area contributed by atoms with Crippen molar-refractivity contribution in [2.45, 2.75) is 27.2 Å². The van der Waals surface area contributed by atoms with Gasteiger partial charge in [-0.2, -0.15) is 0 Å². The van der Waals surface area contributed by atoms with E-state index in [4.69, 9.17) is 11.6 Å². The van der Waals surface area contributed by atoms with Gasteiger partial charge in [0.05, 0.1) is 10.7 Å². The van der Waals surface area contributed by atoms with E-state index in [1.165, 1.54) is 6.92 Å². The molecule has 4 nitrogen and oxygen atoms in total. The van der Waals surface area contributed by atoms with E-state index in [9.17, 15) is 9.59 Å². The standard InChI is InChI=1S/C16H21ClN2O2/c1-5-7-18-15(21)6-8-19(13(4)20)16-12(3)9-11(2)10-14(16)17/h5,9-10H,1,6-8H2,2-4H3,(H,18,21). The summed E-state index contributed by atoms with van der Waals surface area (Å²) in [5, 5.41) is 3.21. The Labute approximate surface area is 130 Å². The number of anilines is 1. The Kier molecular flexibility index (Phi) is 6.43. The maximum Gasteiger partial charge on any atom is 0.223 e. The molecule has 0 radical (unpaired) electrons. The van der Waals surface area contributed by atoms with Gasteiger partial charge in [-0.3, -0.25) is 9.59 Å². The second-order valence-electron chi connectivity index (χ2n) is 4.93. The second-order valence-corrected chi connectivity index (χ2v) is 5.33. The minimum Gasteiger partial charge on any atom is -0.353 e. The van der Waals surface area contributed by atoms with Crippen molar-refractivity contribution in [1.82, 2.24) is 5.32 Å². The average molecular weight is 309 g/mol. The highest BCUT2D eigenvalue weighted by atomic mass is 35.5. The SMILES string of the molecule is C=CCNC(=O)CCN(C(C)=O)c1c(C)cc(C)cc1Cl. The summed E-state index contributed by atoms with van der Waals surface area (Å²) in [7, 11) is 0. The Morgan fingerprint density at radius 2 is 2.05 bits per heavy atom. The monoisotopic (exact) mass is 308 g/mol. The van der Waals surface area contributed by atoms with Crippen molar-refractivity contribution in [3.63, 3.8) is 0 Å². The van der Waals surface area contributed by atoms with Gasteiger partial charge < -0.3 is 10.2 Å². The molecule has 0 heterocycles. The van der Waals surface area contributed by atoms with Gasteiger partial charge >= 0.3 is 0 Å². The summed E-state index contributed by atoms with van der Waals surface area (Å²) in [6.45, 7) is 9.57. The van der Waals surface area contributed by atoms with Gasteiger partial charge in [-0.25, -0.2) is 0 Å². The summed E-state index contributed by atoms with van der Waals surface area (Å²) < 4.78 is 0. The van der Waals surface area contributed by atoms with E-state index in [2.05, 4.69) is 11.9 Å². The molecule has 1 rings (SSSR count). The highest BCUT2D eigenvalue weighted by molar-refractivity contribution is 6.34. The van der Waals surface area contributed by atoms with Gasteiger partial charge in [-0.15, -0.1) is 6.58 Å². The van der Waals surface area contributed by atoms with Crippen LogP contribution in [0.25, 0.3) is 0 Å². The molecular weight excluding hydrogens is 288 g/mol. The van der Waals surface area contributed by atoms with E-state index in [0.29, 0.717) is 23.8 Å². The van der Waals surface area contributed by atoms with E-state index in [-0.39, 0.29) is 18.2 Å². The number of nitrogens with zero attached hydrogens (tertiary/aromatic N) is 1. The Bertz CT molecular complexity index is 532. The summed E-state index contributed by atoms with van der Waals surface area (Å²) in [4.78, 5) is 25.1. The van der Waals surface area contributed by atoms with Crippen LogP contribution in [0.3, 0.4) is 0 Å². The van der Waals surface area contributed by atoms with Gasteiger partial charge in [0, 0.05) is 26.4 Å². The number of benzene rings is 1. The molecular formula is C16H21ClN2O2. The minimum absolute atomic E-state index is 0.123. The van der Waals surface area contributed by atoms with Crippen LogP contribution in [0.5, 0.6) is 0 Å². The molecule has 1 aromatic rings. The molecule has 2 amide bonds. The van der Waals surface area contributed by atoms with Gasteiger partial charge in [0.15, 0.2) is 0 Å². The molecule has 0 atom stereocenters. The molecule has 21 heavy (non-hydrogen) atoms. The number of halogens is 1. The molecule has 1 aromatic carbocycles. The molecule has 114 valence electrons. The predicted molar refractivity (Wildman–Crippen MR) is 86.8 cm³/mol. The maximum absolute atomic E-state index is 11.9. The molecule has 5 heteroatoms. The number of rotatable bonds is 6. The quantitative estimate of drug-likeness (QED) is 0.821. The van der Waals surface area contributed by atoms with Crippen LogP contribution in [0.15, 0.2) is 24.8 Å². The van der Waals surface area contributed by atoms with Gasteiger partial charge in [0.1, 0.15) is 0 Å². The van der Waals surface area contributed by atoms with Crippen LogP contribution in [0.1, 0.15) is 24.5 Å². The van der Waals surface area contributed by atoms with Crippen LogP contribution in [-0.4, -0.2) is 24.9 Å². The first-order valence-electron chi connectivity index (χ1n) is 6.79. The fourth-order valence-corrected chi connectivity index (χ4v) is 2.59. The minimum atomic E-state index is -0.139. The number of aryl methyl sites for hydroxylation is 2. The molecule has 0 aliphatic carbocycles. The van der Waals surface area contributed by atoms with Crippen molar-refractivity contribution in [2.24, 2.45) is 0 Å². The highest BCUT2D eigenvalue weighted by Gasteiger charge is 2.18. The predicted octanol–water partition coefficient (Wildman–Crippen LogP) is 3.00. The van der Waals surface area contributed by atoms with Crippen molar-refractivity contribution in [3.8, 4) is 0 Å².